The van der Waals surface area contributed by atoms with Crippen LogP contribution < -0.4 is 20.1 Å². The SMILES string of the molecule is COc1cc(NC(=O)Nc2ccc(SC#N)cc2)cc(OC)c1. The van der Waals surface area contributed by atoms with E-state index in [9.17, 15) is 4.79 Å². The van der Waals surface area contributed by atoms with E-state index in [0.29, 0.717) is 22.9 Å². The van der Waals surface area contributed by atoms with Gasteiger partial charge in [0.1, 0.15) is 16.9 Å². The van der Waals surface area contributed by atoms with Gasteiger partial charge in [-0.3, -0.25) is 0 Å². The van der Waals surface area contributed by atoms with E-state index in [2.05, 4.69) is 10.6 Å². The van der Waals surface area contributed by atoms with Crippen LogP contribution in [0.5, 0.6) is 11.5 Å². The molecule has 0 spiro atoms. The van der Waals surface area contributed by atoms with E-state index in [-0.39, 0.29) is 6.03 Å². The Labute approximate surface area is 138 Å². The third-order valence-electron chi connectivity index (χ3n) is 2.88. The van der Waals surface area contributed by atoms with Gasteiger partial charge in [-0.05, 0) is 36.0 Å². The van der Waals surface area contributed by atoms with Gasteiger partial charge in [-0.2, -0.15) is 5.26 Å². The van der Waals surface area contributed by atoms with Gasteiger partial charge in [0.05, 0.1) is 14.2 Å². The predicted molar refractivity (Wildman–Crippen MR) is 90.1 cm³/mol. The van der Waals surface area contributed by atoms with Gasteiger partial charge in [0.25, 0.3) is 0 Å². The van der Waals surface area contributed by atoms with E-state index in [1.165, 1.54) is 0 Å². The monoisotopic (exact) mass is 329 g/mol. The molecule has 0 saturated carbocycles. The highest BCUT2D eigenvalue weighted by molar-refractivity contribution is 8.03. The van der Waals surface area contributed by atoms with Crippen molar-refractivity contribution in [1.82, 2.24) is 0 Å². The first kappa shape index (κ1) is 16.5. The first-order chi connectivity index (χ1) is 11.1. The fourth-order valence-electron chi connectivity index (χ4n) is 1.83. The summed E-state index contributed by atoms with van der Waals surface area (Å²) in [7, 11) is 3.08. The molecule has 118 valence electrons. The van der Waals surface area contributed by atoms with Crippen LogP contribution >= 0.6 is 11.8 Å². The number of carbonyl (C=O) groups is 1. The average molecular weight is 329 g/mol. The van der Waals surface area contributed by atoms with Crippen molar-refractivity contribution in [3.05, 3.63) is 42.5 Å². The Balaban J connectivity index is 2.03. The van der Waals surface area contributed by atoms with Gasteiger partial charge >= 0.3 is 6.03 Å². The molecule has 23 heavy (non-hydrogen) atoms. The number of nitrogens with zero attached hydrogens (tertiary/aromatic N) is 1. The molecule has 2 aromatic carbocycles. The maximum atomic E-state index is 12.0. The lowest BCUT2D eigenvalue weighted by atomic mass is 10.2. The second kappa shape index (κ2) is 7.96. The predicted octanol–water partition coefficient (Wildman–Crippen LogP) is 3.92. The highest BCUT2D eigenvalue weighted by Gasteiger charge is 2.06. The number of ether oxygens (including phenoxy) is 2. The van der Waals surface area contributed by atoms with Crippen LogP contribution in [0.4, 0.5) is 16.2 Å². The maximum absolute atomic E-state index is 12.0. The normalized spacial score (nSPS) is 9.61. The maximum Gasteiger partial charge on any atom is 0.323 e. The zero-order valence-electron chi connectivity index (χ0n) is 12.6. The van der Waals surface area contributed by atoms with Gasteiger partial charge in [-0.25, -0.2) is 4.79 Å². The molecule has 2 amide bonds. The highest BCUT2D eigenvalue weighted by atomic mass is 32.2. The molecule has 0 saturated heterocycles. The summed E-state index contributed by atoms with van der Waals surface area (Å²) in [6, 6.07) is 11.7. The van der Waals surface area contributed by atoms with Gasteiger partial charge in [-0.1, -0.05) is 0 Å². The van der Waals surface area contributed by atoms with E-state index < -0.39 is 0 Å². The molecule has 0 radical (unpaired) electrons. The molecule has 0 heterocycles. The summed E-state index contributed by atoms with van der Waals surface area (Å²) in [6.45, 7) is 0. The van der Waals surface area contributed by atoms with Crippen molar-refractivity contribution < 1.29 is 14.3 Å². The number of thioether (sulfide) groups is 1. The Hall–Kier alpha value is -2.85. The Morgan fingerprint density at radius 2 is 1.57 bits per heavy atom. The van der Waals surface area contributed by atoms with Gasteiger partial charge in [-0.15, -0.1) is 0 Å². The number of thiocyanates is 1. The number of rotatable bonds is 5. The Bertz CT molecular complexity index is 704. The topological polar surface area (TPSA) is 83.4 Å². The molecular formula is C16H15N3O3S. The van der Waals surface area contributed by atoms with E-state index >= 15 is 0 Å². The van der Waals surface area contributed by atoms with Crippen LogP contribution in [0.3, 0.4) is 0 Å². The molecule has 0 aliphatic heterocycles. The molecule has 0 fully saturated rings. The lowest BCUT2D eigenvalue weighted by Crippen LogP contribution is -2.19. The molecule has 2 rings (SSSR count). The van der Waals surface area contributed by atoms with Gasteiger partial charge in [0.15, 0.2) is 0 Å². The number of hydrogen-bond donors (Lipinski definition) is 2. The van der Waals surface area contributed by atoms with E-state index in [1.54, 1.807) is 56.7 Å². The van der Waals surface area contributed by atoms with E-state index in [4.69, 9.17) is 14.7 Å². The summed E-state index contributed by atoms with van der Waals surface area (Å²) < 4.78 is 10.3. The second-order valence-corrected chi connectivity index (χ2v) is 5.26. The molecule has 6 nitrogen and oxygen atoms in total. The number of urea groups is 1. The summed E-state index contributed by atoms with van der Waals surface area (Å²) in [5.41, 5.74) is 1.18. The molecule has 2 N–H and O–H groups in total. The fourth-order valence-corrected chi connectivity index (χ4v) is 2.21. The summed E-state index contributed by atoms with van der Waals surface area (Å²) >= 11 is 1.06. The van der Waals surface area contributed by atoms with Crippen molar-refractivity contribution in [1.29, 1.82) is 5.26 Å². The van der Waals surface area contributed by atoms with Crippen LogP contribution in [0, 0.1) is 10.7 Å². The van der Waals surface area contributed by atoms with Crippen LogP contribution in [0.1, 0.15) is 0 Å². The van der Waals surface area contributed by atoms with Crippen molar-refractivity contribution in [2.45, 2.75) is 4.90 Å². The summed E-state index contributed by atoms with van der Waals surface area (Å²) in [5.74, 6) is 1.16. The molecule has 0 bridgehead atoms. The minimum atomic E-state index is -0.388. The molecule has 0 unspecified atom stereocenters. The zero-order chi connectivity index (χ0) is 16.7. The summed E-state index contributed by atoms with van der Waals surface area (Å²) in [5, 5.41) is 16.0. The second-order valence-electron chi connectivity index (χ2n) is 4.40. The number of carbonyl (C=O) groups excluding carboxylic acids is 1. The Kier molecular flexibility index (Phi) is 5.72. The third kappa shape index (κ3) is 4.83. The van der Waals surface area contributed by atoms with Crippen molar-refractivity contribution in [3.63, 3.8) is 0 Å². The highest BCUT2D eigenvalue weighted by Crippen LogP contribution is 2.26. The smallest absolute Gasteiger partial charge is 0.323 e. The quantitative estimate of drug-likeness (QED) is 0.641. The first-order valence-corrected chi connectivity index (χ1v) is 7.43. The van der Waals surface area contributed by atoms with Crippen LogP contribution in [0.25, 0.3) is 0 Å². The Morgan fingerprint density at radius 1 is 1.00 bits per heavy atom. The number of nitriles is 1. The number of anilines is 2. The van der Waals surface area contributed by atoms with Gasteiger partial charge < -0.3 is 20.1 Å². The van der Waals surface area contributed by atoms with Gasteiger partial charge in [0, 0.05) is 34.5 Å². The Morgan fingerprint density at radius 3 is 2.09 bits per heavy atom. The fraction of sp³-hybridized carbons (Fsp3) is 0.125. The van der Waals surface area contributed by atoms with E-state index in [1.807, 2.05) is 5.40 Å². The number of hydrogen-bond acceptors (Lipinski definition) is 5. The molecular weight excluding hydrogens is 314 g/mol. The number of nitrogens with one attached hydrogen (secondary N) is 2. The zero-order valence-corrected chi connectivity index (χ0v) is 13.4. The van der Waals surface area contributed by atoms with Crippen molar-refractivity contribution in [2.75, 3.05) is 24.9 Å². The molecule has 0 aliphatic carbocycles. The number of amides is 2. The number of benzene rings is 2. The minimum absolute atomic E-state index is 0.388. The largest absolute Gasteiger partial charge is 0.497 e. The lowest BCUT2D eigenvalue weighted by Gasteiger charge is -2.11. The molecule has 2 aromatic rings. The number of methoxy groups -OCH3 is 2. The molecule has 0 aliphatic rings. The summed E-state index contributed by atoms with van der Waals surface area (Å²) in [6.07, 6.45) is 0. The van der Waals surface area contributed by atoms with Crippen molar-refractivity contribution in [2.24, 2.45) is 0 Å². The van der Waals surface area contributed by atoms with Crippen molar-refractivity contribution in [3.8, 4) is 16.9 Å². The third-order valence-corrected chi connectivity index (χ3v) is 3.48. The first-order valence-electron chi connectivity index (χ1n) is 6.61. The van der Waals surface area contributed by atoms with Crippen LogP contribution in [-0.4, -0.2) is 20.3 Å². The molecule has 0 atom stereocenters. The lowest BCUT2D eigenvalue weighted by molar-refractivity contribution is 0.262. The van der Waals surface area contributed by atoms with Crippen LogP contribution in [0.2, 0.25) is 0 Å². The van der Waals surface area contributed by atoms with E-state index in [0.717, 1.165) is 16.7 Å². The summed E-state index contributed by atoms with van der Waals surface area (Å²) in [4.78, 5) is 12.8. The van der Waals surface area contributed by atoms with Crippen LogP contribution in [0.15, 0.2) is 47.4 Å². The standard InChI is InChI=1S/C16H15N3O3S/c1-21-13-7-12(8-14(9-13)22-2)19-16(20)18-11-3-5-15(6-4-11)23-10-17/h3-9H,1-2H3,(H2,18,19,20). The average Bonchev–Trinajstić information content (AvgIpc) is 2.56. The molecule has 7 heteroatoms. The van der Waals surface area contributed by atoms with Crippen LogP contribution in [-0.2, 0) is 0 Å². The minimum Gasteiger partial charge on any atom is -0.497 e. The van der Waals surface area contributed by atoms with Gasteiger partial charge in [0.2, 0.25) is 0 Å². The van der Waals surface area contributed by atoms with Crippen molar-refractivity contribution >= 4 is 29.2 Å². The molecule has 0 aromatic heterocycles.